The SMILES string of the molecule is CCNCc1ccc(OCC(=O)Nc2ccccc2OC)c(OC)c1. The Labute approximate surface area is 148 Å². The molecule has 0 fully saturated rings. The monoisotopic (exact) mass is 344 g/mol. The van der Waals surface area contributed by atoms with Crippen LogP contribution >= 0.6 is 0 Å². The Bertz CT molecular complexity index is 704. The van der Waals surface area contributed by atoms with E-state index in [4.69, 9.17) is 14.2 Å². The van der Waals surface area contributed by atoms with Crippen LogP contribution in [0.4, 0.5) is 5.69 Å². The van der Waals surface area contributed by atoms with Crippen LogP contribution in [0.3, 0.4) is 0 Å². The number of hydrogen-bond acceptors (Lipinski definition) is 5. The Kier molecular flexibility index (Phi) is 7.10. The lowest BCUT2D eigenvalue weighted by Crippen LogP contribution is -2.20. The third-order valence-corrected chi connectivity index (χ3v) is 3.55. The van der Waals surface area contributed by atoms with Gasteiger partial charge in [0.05, 0.1) is 19.9 Å². The third kappa shape index (κ3) is 5.39. The molecule has 2 N–H and O–H groups in total. The molecule has 6 heteroatoms. The molecule has 2 aromatic rings. The number of benzene rings is 2. The number of para-hydroxylation sites is 2. The molecule has 0 bridgehead atoms. The summed E-state index contributed by atoms with van der Waals surface area (Å²) in [7, 11) is 3.13. The van der Waals surface area contributed by atoms with Crippen LogP contribution in [-0.4, -0.2) is 33.3 Å². The van der Waals surface area contributed by atoms with Crippen molar-refractivity contribution in [2.45, 2.75) is 13.5 Å². The first kappa shape index (κ1) is 18.6. The number of anilines is 1. The minimum atomic E-state index is -0.275. The molecule has 0 saturated carbocycles. The lowest BCUT2D eigenvalue weighted by atomic mass is 10.2. The highest BCUT2D eigenvalue weighted by Gasteiger charge is 2.10. The molecule has 0 heterocycles. The van der Waals surface area contributed by atoms with E-state index in [1.165, 1.54) is 0 Å². The van der Waals surface area contributed by atoms with Gasteiger partial charge in [0.25, 0.3) is 5.91 Å². The zero-order valence-corrected chi connectivity index (χ0v) is 14.8. The maximum Gasteiger partial charge on any atom is 0.262 e. The predicted molar refractivity (Wildman–Crippen MR) is 97.5 cm³/mol. The summed E-state index contributed by atoms with van der Waals surface area (Å²) in [6.07, 6.45) is 0. The van der Waals surface area contributed by atoms with E-state index in [2.05, 4.69) is 17.6 Å². The summed E-state index contributed by atoms with van der Waals surface area (Å²) in [6, 6.07) is 12.9. The fourth-order valence-corrected chi connectivity index (χ4v) is 2.29. The molecule has 0 spiro atoms. The van der Waals surface area contributed by atoms with E-state index in [0.717, 1.165) is 18.7 Å². The molecule has 0 unspecified atom stereocenters. The number of ether oxygens (including phenoxy) is 3. The van der Waals surface area contributed by atoms with Crippen molar-refractivity contribution in [3.63, 3.8) is 0 Å². The Morgan fingerprint density at radius 2 is 1.76 bits per heavy atom. The Hall–Kier alpha value is -2.73. The molecule has 1 amide bonds. The van der Waals surface area contributed by atoms with Crippen LogP contribution in [0.1, 0.15) is 12.5 Å². The summed E-state index contributed by atoms with van der Waals surface area (Å²) >= 11 is 0. The minimum absolute atomic E-state index is 0.124. The lowest BCUT2D eigenvalue weighted by molar-refractivity contribution is -0.118. The van der Waals surface area contributed by atoms with Crippen molar-refractivity contribution in [3.05, 3.63) is 48.0 Å². The average molecular weight is 344 g/mol. The van der Waals surface area contributed by atoms with Crippen LogP contribution in [0.5, 0.6) is 17.2 Å². The lowest BCUT2D eigenvalue weighted by Gasteiger charge is -2.13. The maximum atomic E-state index is 12.1. The normalized spacial score (nSPS) is 10.2. The highest BCUT2D eigenvalue weighted by molar-refractivity contribution is 5.93. The van der Waals surface area contributed by atoms with Gasteiger partial charge in [-0.15, -0.1) is 0 Å². The van der Waals surface area contributed by atoms with Gasteiger partial charge in [-0.2, -0.15) is 0 Å². The Morgan fingerprint density at radius 1 is 1.00 bits per heavy atom. The van der Waals surface area contributed by atoms with Gasteiger partial charge in [0.15, 0.2) is 18.1 Å². The van der Waals surface area contributed by atoms with E-state index in [1.54, 1.807) is 26.4 Å². The van der Waals surface area contributed by atoms with Gasteiger partial charge in [-0.1, -0.05) is 25.1 Å². The van der Waals surface area contributed by atoms with Crippen LogP contribution < -0.4 is 24.8 Å². The quantitative estimate of drug-likeness (QED) is 0.732. The number of rotatable bonds is 9. The van der Waals surface area contributed by atoms with Gasteiger partial charge >= 0.3 is 0 Å². The topological polar surface area (TPSA) is 68.8 Å². The largest absolute Gasteiger partial charge is 0.495 e. The molecule has 6 nitrogen and oxygen atoms in total. The number of hydrogen-bond donors (Lipinski definition) is 2. The Balaban J connectivity index is 1.97. The summed E-state index contributed by atoms with van der Waals surface area (Å²) < 4.78 is 16.2. The van der Waals surface area contributed by atoms with Crippen LogP contribution in [0, 0.1) is 0 Å². The van der Waals surface area contributed by atoms with Gasteiger partial charge in [-0.25, -0.2) is 0 Å². The molecule has 25 heavy (non-hydrogen) atoms. The maximum absolute atomic E-state index is 12.1. The minimum Gasteiger partial charge on any atom is -0.495 e. The first-order valence-corrected chi connectivity index (χ1v) is 8.11. The standard InChI is InChI=1S/C19H24N2O4/c1-4-20-12-14-9-10-17(18(11-14)24-3)25-13-19(22)21-15-7-5-6-8-16(15)23-2/h5-11,20H,4,12-13H2,1-3H3,(H,21,22). The van der Waals surface area contributed by atoms with Gasteiger partial charge in [-0.3, -0.25) is 4.79 Å². The molecule has 134 valence electrons. The number of amides is 1. The van der Waals surface area contributed by atoms with Crippen molar-refractivity contribution in [1.82, 2.24) is 5.32 Å². The molecule has 2 rings (SSSR count). The second kappa shape index (κ2) is 9.54. The van der Waals surface area contributed by atoms with Crippen LogP contribution in [0.2, 0.25) is 0 Å². The number of carbonyl (C=O) groups excluding carboxylic acids is 1. The average Bonchev–Trinajstić information content (AvgIpc) is 2.65. The van der Waals surface area contributed by atoms with Crippen molar-refractivity contribution in [3.8, 4) is 17.2 Å². The van der Waals surface area contributed by atoms with Crippen molar-refractivity contribution in [2.24, 2.45) is 0 Å². The van der Waals surface area contributed by atoms with Crippen molar-refractivity contribution >= 4 is 11.6 Å². The van der Waals surface area contributed by atoms with E-state index >= 15 is 0 Å². The van der Waals surface area contributed by atoms with Crippen molar-refractivity contribution in [2.75, 3.05) is 32.7 Å². The van der Waals surface area contributed by atoms with Crippen LogP contribution in [-0.2, 0) is 11.3 Å². The first-order valence-electron chi connectivity index (χ1n) is 8.11. The second-order valence-electron chi connectivity index (χ2n) is 5.30. The number of nitrogens with one attached hydrogen (secondary N) is 2. The molecule has 0 saturated heterocycles. The number of methoxy groups -OCH3 is 2. The van der Waals surface area contributed by atoms with Gasteiger partial charge in [0.1, 0.15) is 5.75 Å². The molecular formula is C19H24N2O4. The zero-order valence-electron chi connectivity index (χ0n) is 14.8. The number of carbonyl (C=O) groups is 1. The van der Waals surface area contributed by atoms with E-state index in [1.807, 2.05) is 30.3 Å². The molecule has 0 aliphatic rings. The summed E-state index contributed by atoms with van der Waals surface area (Å²) in [5.41, 5.74) is 1.69. The molecular weight excluding hydrogens is 320 g/mol. The van der Waals surface area contributed by atoms with Crippen molar-refractivity contribution in [1.29, 1.82) is 0 Å². The first-order chi connectivity index (χ1) is 12.2. The summed E-state index contributed by atoms with van der Waals surface area (Å²) in [6.45, 7) is 3.57. The van der Waals surface area contributed by atoms with E-state index in [-0.39, 0.29) is 12.5 Å². The molecule has 0 aliphatic heterocycles. The van der Waals surface area contributed by atoms with Crippen LogP contribution in [0.25, 0.3) is 0 Å². The van der Waals surface area contributed by atoms with E-state index < -0.39 is 0 Å². The molecule has 2 aromatic carbocycles. The smallest absolute Gasteiger partial charge is 0.262 e. The second-order valence-corrected chi connectivity index (χ2v) is 5.30. The zero-order chi connectivity index (χ0) is 18.1. The third-order valence-electron chi connectivity index (χ3n) is 3.55. The van der Waals surface area contributed by atoms with E-state index in [9.17, 15) is 4.79 Å². The van der Waals surface area contributed by atoms with Crippen LogP contribution in [0.15, 0.2) is 42.5 Å². The molecule has 0 aliphatic carbocycles. The summed E-state index contributed by atoms with van der Waals surface area (Å²) in [5, 5.41) is 6.02. The van der Waals surface area contributed by atoms with Gasteiger partial charge in [-0.05, 0) is 36.4 Å². The summed E-state index contributed by atoms with van der Waals surface area (Å²) in [4.78, 5) is 12.1. The highest BCUT2D eigenvalue weighted by Crippen LogP contribution is 2.28. The molecule has 0 atom stereocenters. The van der Waals surface area contributed by atoms with Crippen molar-refractivity contribution < 1.29 is 19.0 Å². The molecule has 0 radical (unpaired) electrons. The highest BCUT2D eigenvalue weighted by atomic mass is 16.5. The van der Waals surface area contributed by atoms with Gasteiger partial charge in [0, 0.05) is 6.54 Å². The molecule has 0 aromatic heterocycles. The van der Waals surface area contributed by atoms with Gasteiger partial charge in [0.2, 0.25) is 0 Å². The fourth-order valence-electron chi connectivity index (χ4n) is 2.29. The van der Waals surface area contributed by atoms with E-state index in [0.29, 0.717) is 22.9 Å². The Morgan fingerprint density at radius 3 is 2.48 bits per heavy atom. The van der Waals surface area contributed by atoms with Gasteiger partial charge < -0.3 is 24.8 Å². The fraction of sp³-hybridized carbons (Fsp3) is 0.316. The predicted octanol–water partition coefficient (Wildman–Crippen LogP) is 2.83. The summed E-state index contributed by atoms with van der Waals surface area (Å²) in [5.74, 6) is 1.45.